The van der Waals surface area contributed by atoms with Gasteiger partial charge in [0.1, 0.15) is 0 Å². The van der Waals surface area contributed by atoms with E-state index in [1.807, 2.05) is 24.3 Å². The molecule has 7 heteroatoms. The van der Waals surface area contributed by atoms with Gasteiger partial charge in [-0.25, -0.2) is 4.79 Å². The molecule has 1 saturated heterocycles. The van der Waals surface area contributed by atoms with E-state index in [0.29, 0.717) is 36.0 Å². The van der Waals surface area contributed by atoms with Gasteiger partial charge in [0.2, 0.25) is 5.75 Å². The second-order valence-corrected chi connectivity index (χ2v) is 7.44. The van der Waals surface area contributed by atoms with E-state index < -0.39 is 0 Å². The number of hydrogen-bond donors (Lipinski definition) is 1. The van der Waals surface area contributed by atoms with Crippen molar-refractivity contribution in [3.63, 3.8) is 0 Å². The van der Waals surface area contributed by atoms with Crippen molar-refractivity contribution < 1.29 is 33.6 Å². The van der Waals surface area contributed by atoms with Crippen molar-refractivity contribution in [2.45, 2.75) is 19.4 Å². The van der Waals surface area contributed by atoms with Crippen LogP contribution in [0.5, 0.6) is 17.2 Å². The Morgan fingerprint density at radius 2 is 1.71 bits per heavy atom. The first-order valence-electron chi connectivity index (χ1n) is 10.3. The Kier molecular flexibility index (Phi) is 7.76. The lowest BCUT2D eigenvalue weighted by atomic mass is 9.84. The predicted octanol–water partition coefficient (Wildman–Crippen LogP) is 3.43. The Morgan fingerprint density at radius 3 is 2.23 bits per heavy atom. The summed E-state index contributed by atoms with van der Waals surface area (Å²) in [5.74, 6) is 1.33. The van der Waals surface area contributed by atoms with Crippen molar-refractivity contribution in [1.82, 2.24) is 0 Å². The minimum Gasteiger partial charge on any atom is -0.493 e. The van der Waals surface area contributed by atoms with Gasteiger partial charge >= 0.3 is 5.97 Å². The smallest absolute Gasteiger partial charge is 0.338 e. The Hall–Kier alpha value is -2.77. The average Bonchev–Trinajstić information content (AvgIpc) is 3.21. The van der Waals surface area contributed by atoms with Crippen LogP contribution in [0, 0.1) is 11.8 Å². The second kappa shape index (κ2) is 10.5. The van der Waals surface area contributed by atoms with E-state index in [1.54, 1.807) is 40.4 Å². The summed E-state index contributed by atoms with van der Waals surface area (Å²) < 4.78 is 27.5. The number of aliphatic hydroxyl groups is 1. The maximum atomic E-state index is 11.8. The molecule has 1 aliphatic heterocycles. The zero-order valence-electron chi connectivity index (χ0n) is 18.4. The van der Waals surface area contributed by atoms with Crippen LogP contribution in [0.3, 0.4) is 0 Å². The second-order valence-electron chi connectivity index (χ2n) is 7.44. The fourth-order valence-corrected chi connectivity index (χ4v) is 4.08. The van der Waals surface area contributed by atoms with Gasteiger partial charge in [-0.1, -0.05) is 12.1 Å². The van der Waals surface area contributed by atoms with Crippen LogP contribution >= 0.6 is 0 Å². The number of benzene rings is 2. The first-order valence-corrected chi connectivity index (χ1v) is 10.3. The molecular formula is C24H30O7. The highest BCUT2D eigenvalue weighted by molar-refractivity contribution is 5.89. The van der Waals surface area contributed by atoms with Gasteiger partial charge in [0.05, 0.1) is 46.2 Å². The molecule has 3 rings (SSSR count). The first kappa shape index (κ1) is 22.9. The van der Waals surface area contributed by atoms with Crippen LogP contribution in [0.15, 0.2) is 36.4 Å². The highest BCUT2D eigenvalue weighted by atomic mass is 16.5. The zero-order valence-corrected chi connectivity index (χ0v) is 18.4. The number of ether oxygens (including phenoxy) is 5. The molecule has 0 amide bonds. The summed E-state index contributed by atoms with van der Waals surface area (Å²) in [5.41, 5.74) is 2.47. The van der Waals surface area contributed by atoms with Crippen LogP contribution < -0.4 is 14.2 Å². The number of aliphatic hydroxyl groups excluding tert-OH is 1. The summed E-state index contributed by atoms with van der Waals surface area (Å²) in [6.45, 7) is 2.64. The molecule has 0 bridgehead atoms. The van der Waals surface area contributed by atoms with Gasteiger partial charge in [0, 0.05) is 12.5 Å². The fraction of sp³-hybridized carbons (Fsp3) is 0.458. The molecular weight excluding hydrogens is 400 g/mol. The predicted molar refractivity (Wildman–Crippen MR) is 115 cm³/mol. The quantitative estimate of drug-likeness (QED) is 0.610. The van der Waals surface area contributed by atoms with Crippen molar-refractivity contribution >= 4 is 5.97 Å². The molecule has 168 valence electrons. The van der Waals surface area contributed by atoms with Crippen LogP contribution in [0.25, 0.3) is 0 Å². The van der Waals surface area contributed by atoms with Crippen molar-refractivity contribution in [2.24, 2.45) is 11.8 Å². The van der Waals surface area contributed by atoms with Crippen molar-refractivity contribution in [3.8, 4) is 17.2 Å². The molecule has 7 nitrogen and oxygen atoms in total. The van der Waals surface area contributed by atoms with E-state index in [1.165, 1.54) is 0 Å². The summed E-state index contributed by atoms with van der Waals surface area (Å²) in [4.78, 5) is 11.8. The maximum Gasteiger partial charge on any atom is 0.338 e. The molecule has 1 N–H and O–H groups in total. The molecule has 3 atom stereocenters. The molecule has 2 aromatic rings. The van der Waals surface area contributed by atoms with E-state index in [-0.39, 0.29) is 30.5 Å². The van der Waals surface area contributed by atoms with Gasteiger partial charge < -0.3 is 28.8 Å². The van der Waals surface area contributed by atoms with Crippen LogP contribution in [0.4, 0.5) is 0 Å². The van der Waals surface area contributed by atoms with Crippen LogP contribution in [0.2, 0.25) is 0 Å². The monoisotopic (exact) mass is 430 g/mol. The van der Waals surface area contributed by atoms with E-state index in [4.69, 9.17) is 23.7 Å². The summed E-state index contributed by atoms with van der Waals surface area (Å²) in [7, 11) is 4.71. The highest BCUT2D eigenvalue weighted by Gasteiger charge is 2.38. The summed E-state index contributed by atoms with van der Waals surface area (Å²) in [6, 6.07) is 11.1. The topological polar surface area (TPSA) is 83.5 Å². The third-order valence-corrected chi connectivity index (χ3v) is 5.67. The molecule has 0 spiro atoms. The minimum absolute atomic E-state index is 0.00704. The van der Waals surface area contributed by atoms with Crippen molar-refractivity contribution in [1.29, 1.82) is 0 Å². The number of hydrogen-bond acceptors (Lipinski definition) is 7. The Balaban J connectivity index is 1.78. The van der Waals surface area contributed by atoms with Crippen LogP contribution in [0.1, 0.15) is 34.5 Å². The largest absolute Gasteiger partial charge is 0.493 e. The molecule has 31 heavy (non-hydrogen) atoms. The van der Waals surface area contributed by atoms with E-state index in [0.717, 1.165) is 17.5 Å². The molecule has 1 fully saturated rings. The summed E-state index contributed by atoms with van der Waals surface area (Å²) >= 11 is 0. The first-order chi connectivity index (χ1) is 15.1. The molecule has 0 radical (unpaired) electrons. The lowest BCUT2D eigenvalue weighted by Gasteiger charge is -2.23. The Bertz CT molecular complexity index is 853. The SMILES string of the molecule is CCOC(=O)c1ccc(C[C@H]2CO[C@H](c3cc(OC)c(OC)c(OC)c3)[C@H]2CO)cc1. The van der Waals surface area contributed by atoms with Crippen LogP contribution in [-0.2, 0) is 15.9 Å². The lowest BCUT2D eigenvalue weighted by molar-refractivity contribution is 0.0526. The lowest BCUT2D eigenvalue weighted by Crippen LogP contribution is -2.21. The third-order valence-electron chi connectivity index (χ3n) is 5.67. The summed E-state index contributed by atoms with van der Waals surface area (Å²) in [5, 5.41) is 10.1. The summed E-state index contributed by atoms with van der Waals surface area (Å²) in [6.07, 6.45) is 0.442. The van der Waals surface area contributed by atoms with Gasteiger partial charge in [-0.2, -0.15) is 0 Å². The molecule has 0 saturated carbocycles. The number of rotatable bonds is 9. The van der Waals surface area contributed by atoms with Gasteiger partial charge in [0.25, 0.3) is 0 Å². The van der Waals surface area contributed by atoms with Crippen molar-refractivity contribution in [2.75, 3.05) is 41.2 Å². The van der Waals surface area contributed by atoms with Gasteiger partial charge in [0.15, 0.2) is 11.5 Å². The molecule has 2 aromatic carbocycles. The van der Waals surface area contributed by atoms with Gasteiger partial charge in [-0.05, 0) is 54.7 Å². The maximum absolute atomic E-state index is 11.8. The molecule has 1 aliphatic rings. The zero-order chi connectivity index (χ0) is 22.4. The standard InChI is InChI=1S/C24H30O7/c1-5-30-24(26)16-8-6-15(7-9-16)10-18-14-31-22(19(18)13-25)17-11-20(27-2)23(29-4)21(12-17)28-3/h6-9,11-12,18-19,22,25H,5,10,13-14H2,1-4H3/t18-,19-,22+/m0/s1. The van der Waals surface area contributed by atoms with Crippen LogP contribution in [-0.4, -0.2) is 52.2 Å². The molecule has 0 aliphatic carbocycles. The number of carbonyl (C=O) groups excluding carboxylic acids is 1. The Morgan fingerprint density at radius 1 is 1.06 bits per heavy atom. The molecule has 0 unspecified atom stereocenters. The van der Waals surface area contributed by atoms with E-state index in [2.05, 4.69) is 0 Å². The normalized spacial score (nSPS) is 20.4. The van der Waals surface area contributed by atoms with Gasteiger partial charge in [-0.15, -0.1) is 0 Å². The number of carbonyl (C=O) groups is 1. The highest BCUT2D eigenvalue weighted by Crippen LogP contribution is 2.45. The number of esters is 1. The molecule has 0 aromatic heterocycles. The van der Waals surface area contributed by atoms with E-state index in [9.17, 15) is 9.90 Å². The van der Waals surface area contributed by atoms with Crippen molar-refractivity contribution in [3.05, 3.63) is 53.1 Å². The number of methoxy groups -OCH3 is 3. The Labute approximate surface area is 182 Å². The van der Waals surface area contributed by atoms with E-state index >= 15 is 0 Å². The average molecular weight is 430 g/mol. The van der Waals surface area contributed by atoms with Gasteiger partial charge in [-0.3, -0.25) is 0 Å². The third kappa shape index (κ3) is 4.94. The molecule has 1 heterocycles. The fourth-order valence-electron chi connectivity index (χ4n) is 4.08. The minimum atomic E-state index is -0.325.